The number of halogens is 1. The molecule has 0 unspecified atom stereocenters. The minimum atomic E-state index is -0.713. The van der Waals surface area contributed by atoms with Crippen LogP contribution in [0.25, 0.3) is 0 Å². The van der Waals surface area contributed by atoms with Crippen molar-refractivity contribution in [2.75, 3.05) is 13.2 Å². The van der Waals surface area contributed by atoms with E-state index in [1.165, 1.54) is 25.1 Å². The summed E-state index contributed by atoms with van der Waals surface area (Å²) in [5.41, 5.74) is -0.530. The van der Waals surface area contributed by atoms with Crippen LogP contribution in [0.5, 0.6) is 5.88 Å². The van der Waals surface area contributed by atoms with E-state index < -0.39 is 24.0 Å². The maximum atomic E-state index is 12.6. The Labute approximate surface area is 177 Å². The van der Waals surface area contributed by atoms with Crippen molar-refractivity contribution in [3.8, 4) is 11.9 Å². The first kappa shape index (κ1) is 23.1. The predicted molar refractivity (Wildman–Crippen MR) is 110 cm³/mol. The summed E-state index contributed by atoms with van der Waals surface area (Å²) in [5, 5.41) is 36.6. The number of esters is 1. The first-order valence-corrected chi connectivity index (χ1v) is 9.59. The summed E-state index contributed by atoms with van der Waals surface area (Å²) in [5.74, 6) is -1.14. The molecule has 10 heteroatoms. The summed E-state index contributed by atoms with van der Waals surface area (Å²) in [6.45, 7) is 3.07. The molecular formula is C20H21ClN4O5. The largest absolute Gasteiger partial charge is 0.493 e. The molecule has 0 aliphatic heterocycles. The van der Waals surface area contributed by atoms with Gasteiger partial charge in [0.25, 0.3) is 5.56 Å². The van der Waals surface area contributed by atoms with Gasteiger partial charge in [0.2, 0.25) is 5.88 Å². The summed E-state index contributed by atoms with van der Waals surface area (Å²) in [7, 11) is 0. The molecule has 2 rings (SSSR count). The molecule has 2 aromatic rings. The minimum Gasteiger partial charge on any atom is -0.493 e. The molecular weight excluding hydrogens is 412 g/mol. The number of nitriles is 1. The lowest BCUT2D eigenvalue weighted by Crippen LogP contribution is -2.23. The molecule has 0 bridgehead atoms. The fourth-order valence-electron chi connectivity index (χ4n) is 2.59. The molecule has 0 fully saturated rings. The molecule has 0 saturated carbocycles. The number of carbonyl (C=O) groups is 1. The average molecular weight is 433 g/mol. The molecule has 1 aromatic carbocycles. The summed E-state index contributed by atoms with van der Waals surface area (Å²) in [6.07, 6.45) is 1.60. The Morgan fingerprint density at radius 2 is 2.10 bits per heavy atom. The highest BCUT2D eigenvalue weighted by Gasteiger charge is 2.19. The summed E-state index contributed by atoms with van der Waals surface area (Å²) >= 11 is 6.07. The Kier molecular flexibility index (Phi) is 8.09. The van der Waals surface area contributed by atoms with Gasteiger partial charge in [0, 0.05) is 5.56 Å². The third-order valence-electron chi connectivity index (χ3n) is 4.26. The van der Waals surface area contributed by atoms with Gasteiger partial charge in [0.05, 0.1) is 36.0 Å². The van der Waals surface area contributed by atoms with Gasteiger partial charge in [-0.05, 0) is 31.5 Å². The molecule has 158 valence electrons. The van der Waals surface area contributed by atoms with Crippen LogP contribution in [0, 0.1) is 18.3 Å². The van der Waals surface area contributed by atoms with Crippen LogP contribution in [0.2, 0.25) is 5.02 Å². The normalized spacial score (nSPS) is 10.9. The number of aliphatic hydroxyl groups excluding tert-OH is 1. The highest BCUT2D eigenvalue weighted by molar-refractivity contribution is 6.33. The van der Waals surface area contributed by atoms with Crippen molar-refractivity contribution in [3.05, 3.63) is 50.3 Å². The number of aliphatic hydroxyl groups is 1. The summed E-state index contributed by atoms with van der Waals surface area (Å²) in [4.78, 5) is 24.8. The Balaban J connectivity index is 2.44. The monoisotopic (exact) mass is 432 g/mol. The van der Waals surface area contributed by atoms with Crippen LogP contribution in [-0.4, -0.2) is 34.0 Å². The minimum absolute atomic E-state index is 0.113. The van der Waals surface area contributed by atoms with Crippen LogP contribution in [0.15, 0.2) is 33.2 Å². The Morgan fingerprint density at radius 1 is 1.37 bits per heavy atom. The maximum Gasteiger partial charge on any atom is 0.339 e. The SMILES string of the molecule is CCCCOC(=O)c1cc(N=Nc2c(C)c(C#N)c(O)n(CCO)c2=O)ccc1Cl. The molecule has 1 heterocycles. The zero-order valence-electron chi connectivity index (χ0n) is 16.6. The smallest absolute Gasteiger partial charge is 0.339 e. The molecule has 0 radical (unpaired) electrons. The van der Waals surface area contributed by atoms with Gasteiger partial charge >= 0.3 is 5.97 Å². The van der Waals surface area contributed by atoms with Gasteiger partial charge in [0.15, 0.2) is 5.69 Å². The number of aromatic hydroxyl groups is 1. The number of hydrogen-bond acceptors (Lipinski definition) is 8. The highest BCUT2D eigenvalue weighted by atomic mass is 35.5. The van der Waals surface area contributed by atoms with E-state index in [0.717, 1.165) is 17.4 Å². The zero-order valence-corrected chi connectivity index (χ0v) is 17.3. The molecule has 2 N–H and O–H groups in total. The van der Waals surface area contributed by atoms with Crippen molar-refractivity contribution in [3.63, 3.8) is 0 Å². The van der Waals surface area contributed by atoms with E-state index in [0.29, 0.717) is 0 Å². The summed E-state index contributed by atoms with van der Waals surface area (Å²) < 4.78 is 6.00. The van der Waals surface area contributed by atoms with Crippen molar-refractivity contribution in [2.45, 2.75) is 33.2 Å². The van der Waals surface area contributed by atoms with Gasteiger partial charge in [-0.2, -0.15) is 10.4 Å². The standard InChI is InChI=1S/C20H21ClN4O5/c1-3-4-9-30-20(29)14-10-13(5-6-16(14)21)23-24-17-12(2)15(11-22)18(27)25(7-8-26)19(17)28/h5-6,10,26-27H,3-4,7-9H2,1-2H3. The number of nitrogens with zero attached hydrogens (tertiary/aromatic N) is 4. The molecule has 30 heavy (non-hydrogen) atoms. The topological polar surface area (TPSA) is 137 Å². The van der Waals surface area contributed by atoms with Gasteiger partial charge in [-0.15, -0.1) is 5.11 Å². The maximum absolute atomic E-state index is 12.6. The van der Waals surface area contributed by atoms with Gasteiger partial charge in [-0.1, -0.05) is 24.9 Å². The fourth-order valence-corrected chi connectivity index (χ4v) is 2.79. The summed E-state index contributed by atoms with van der Waals surface area (Å²) in [6, 6.07) is 6.16. The Morgan fingerprint density at radius 3 is 2.73 bits per heavy atom. The number of pyridine rings is 1. The fraction of sp³-hybridized carbons (Fsp3) is 0.350. The van der Waals surface area contributed by atoms with Crippen molar-refractivity contribution in [1.29, 1.82) is 5.26 Å². The van der Waals surface area contributed by atoms with Crippen molar-refractivity contribution >= 4 is 28.9 Å². The molecule has 0 aliphatic carbocycles. The van der Waals surface area contributed by atoms with E-state index in [2.05, 4.69) is 10.2 Å². The van der Waals surface area contributed by atoms with Crippen molar-refractivity contribution in [1.82, 2.24) is 4.57 Å². The number of carbonyl (C=O) groups excluding carboxylic acids is 1. The number of hydrogen-bond donors (Lipinski definition) is 2. The highest BCUT2D eigenvalue weighted by Crippen LogP contribution is 2.28. The van der Waals surface area contributed by atoms with Crippen LogP contribution in [-0.2, 0) is 11.3 Å². The predicted octanol–water partition coefficient (Wildman–Crippen LogP) is 3.75. The molecule has 0 aliphatic rings. The molecule has 0 spiro atoms. The van der Waals surface area contributed by atoms with Crippen LogP contribution in [0.1, 0.15) is 41.3 Å². The second-order valence-corrected chi connectivity index (χ2v) is 6.73. The number of benzene rings is 1. The first-order valence-electron chi connectivity index (χ1n) is 9.21. The quantitative estimate of drug-likeness (QED) is 0.370. The first-order chi connectivity index (χ1) is 14.3. The number of rotatable bonds is 8. The Hall–Kier alpha value is -3.22. The van der Waals surface area contributed by atoms with E-state index in [1.807, 2.05) is 13.0 Å². The van der Waals surface area contributed by atoms with E-state index in [4.69, 9.17) is 21.4 Å². The lowest BCUT2D eigenvalue weighted by Gasteiger charge is -2.11. The third-order valence-corrected chi connectivity index (χ3v) is 4.59. The van der Waals surface area contributed by atoms with E-state index in [9.17, 15) is 20.0 Å². The van der Waals surface area contributed by atoms with Crippen molar-refractivity contribution < 1.29 is 19.7 Å². The molecule has 1 aromatic heterocycles. The van der Waals surface area contributed by atoms with Crippen molar-refractivity contribution in [2.24, 2.45) is 10.2 Å². The van der Waals surface area contributed by atoms with E-state index >= 15 is 0 Å². The van der Waals surface area contributed by atoms with Gasteiger partial charge in [-0.3, -0.25) is 9.36 Å². The van der Waals surface area contributed by atoms with Crippen LogP contribution >= 0.6 is 11.6 Å². The van der Waals surface area contributed by atoms with Gasteiger partial charge in [0.1, 0.15) is 11.6 Å². The second-order valence-electron chi connectivity index (χ2n) is 6.32. The van der Waals surface area contributed by atoms with Crippen LogP contribution in [0.4, 0.5) is 11.4 Å². The van der Waals surface area contributed by atoms with Gasteiger partial charge < -0.3 is 14.9 Å². The van der Waals surface area contributed by atoms with E-state index in [-0.39, 0.29) is 46.2 Å². The number of ether oxygens (including phenoxy) is 1. The molecule has 0 saturated heterocycles. The van der Waals surface area contributed by atoms with Crippen LogP contribution < -0.4 is 5.56 Å². The second kappa shape index (κ2) is 10.5. The van der Waals surface area contributed by atoms with Crippen LogP contribution in [0.3, 0.4) is 0 Å². The van der Waals surface area contributed by atoms with E-state index in [1.54, 1.807) is 0 Å². The molecule has 9 nitrogen and oxygen atoms in total. The average Bonchev–Trinajstić information content (AvgIpc) is 2.72. The third kappa shape index (κ3) is 5.03. The van der Waals surface area contributed by atoms with Gasteiger partial charge in [-0.25, -0.2) is 4.79 Å². The Bertz CT molecular complexity index is 1070. The molecule has 0 atom stereocenters. The lowest BCUT2D eigenvalue weighted by molar-refractivity contribution is 0.0500. The zero-order chi connectivity index (χ0) is 22.3. The number of azo groups is 1. The lowest BCUT2D eigenvalue weighted by atomic mass is 10.1. The number of aromatic nitrogens is 1. The number of unbranched alkanes of at least 4 members (excludes halogenated alkanes) is 1. The molecule has 0 amide bonds.